The molecule has 0 bridgehead atoms. The molecule has 0 saturated heterocycles. The normalized spacial score (nSPS) is 14.0. The third-order valence-electron chi connectivity index (χ3n) is 14.3. The van der Waals surface area contributed by atoms with Gasteiger partial charge in [0.1, 0.15) is 11.2 Å². The molecule has 1 aromatic heterocycles. The van der Waals surface area contributed by atoms with E-state index in [2.05, 4.69) is 243 Å². The van der Waals surface area contributed by atoms with Gasteiger partial charge < -0.3 is 9.32 Å². The van der Waals surface area contributed by atoms with Crippen LogP contribution in [0.1, 0.15) is 47.2 Å². The van der Waals surface area contributed by atoms with Crippen molar-refractivity contribution in [1.82, 2.24) is 0 Å². The van der Waals surface area contributed by atoms with Crippen LogP contribution in [0, 0.1) is 0 Å². The number of furan rings is 1. The number of rotatable bonds is 6. The predicted molar refractivity (Wildman–Crippen MR) is 266 cm³/mol. The minimum Gasteiger partial charge on any atom is -0.456 e. The van der Waals surface area contributed by atoms with Crippen LogP contribution < -0.4 is 4.90 Å². The number of anilines is 3. The van der Waals surface area contributed by atoms with Crippen molar-refractivity contribution in [2.75, 3.05) is 4.90 Å². The maximum atomic E-state index is 6.97. The van der Waals surface area contributed by atoms with E-state index >= 15 is 0 Å². The highest BCUT2D eigenvalue weighted by Gasteiger charge is 2.46. The molecule has 2 nitrogen and oxygen atoms in total. The Bertz CT molecular complexity index is 3600. The summed E-state index contributed by atoms with van der Waals surface area (Å²) >= 11 is 0. The quantitative estimate of drug-likeness (QED) is 0.166. The SMILES string of the molecule is CC1(C)c2ccccc2-c2ccc(N(c3ccc4c(c3)C(c3ccccc3)(c3ccccc3)c3ccccc3-4)c3cc(-c4ccccc4)cc4oc5ccc6ccccc6c5c34)cc21. The van der Waals surface area contributed by atoms with Gasteiger partial charge in [-0.3, -0.25) is 0 Å². The van der Waals surface area contributed by atoms with Crippen molar-refractivity contribution in [3.05, 3.63) is 258 Å². The molecule has 0 unspecified atom stereocenters. The van der Waals surface area contributed by atoms with Gasteiger partial charge in [-0.2, -0.15) is 0 Å². The Balaban J connectivity index is 1.16. The molecule has 2 aliphatic rings. The van der Waals surface area contributed by atoms with Crippen LogP contribution in [0.25, 0.3) is 66.1 Å². The maximum Gasteiger partial charge on any atom is 0.138 e. The number of benzene rings is 10. The van der Waals surface area contributed by atoms with E-state index in [1.165, 1.54) is 66.4 Å². The molecule has 2 heteroatoms. The molecular formula is C62H43NO. The molecule has 0 radical (unpaired) electrons. The minimum atomic E-state index is -0.558. The van der Waals surface area contributed by atoms with E-state index in [1.807, 2.05) is 0 Å². The van der Waals surface area contributed by atoms with Gasteiger partial charge in [-0.05, 0) is 120 Å². The summed E-state index contributed by atoms with van der Waals surface area (Å²) in [5.74, 6) is 0. The first kappa shape index (κ1) is 36.7. The third kappa shape index (κ3) is 5.14. The molecule has 302 valence electrons. The molecule has 0 saturated carbocycles. The first-order chi connectivity index (χ1) is 31.5. The lowest BCUT2D eigenvalue weighted by atomic mass is 9.67. The van der Waals surface area contributed by atoms with Crippen LogP contribution in [0.15, 0.2) is 229 Å². The molecule has 11 aromatic rings. The molecule has 64 heavy (non-hydrogen) atoms. The van der Waals surface area contributed by atoms with Crippen LogP contribution in [0.2, 0.25) is 0 Å². The molecule has 1 heterocycles. The number of hydrogen-bond acceptors (Lipinski definition) is 2. The van der Waals surface area contributed by atoms with E-state index in [1.54, 1.807) is 0 Å². The zero-order chi connectivity index (χ0) is 42.6. The fourth-order valence-corrected chi connectivity index (χ4v) is 11.4. The third-order valence-corrected chi connectivity index (χ3v) is 14.3. The first-order valence-corrected chi connectivity index (χ1v) is 22.3. The van der Waals surface area contributed by atoms with E-state index in [0.717, 1.165) is 50.1 Å². The lowest BCUT2D eigenvalue weighted by Crippen LogP contribution is -2.28. The Morgan fingerprint density at radius 3 is 1.62 bits per heavy atom. The summed E-state index contributed by atoms with van der Waals surface area (Å²) in [6.07, 6.45) is 0. The largest absolute Gasteiger partial charge is 0.456 e. The Kier molecular flexibility index (Phi) is 7.90. The van der Waals surface area contributed by atoms with Gasteiger partial charge in [-0.1, -0.05) is 196 Å². The molecule has 13 rings (SSSR count). The summed E-state index contributed by atoms with van der Waals surface area (Å²) in [6.45, 7) is 4.74. The number of nitrogens with zero attached hydrogens (tertiary/aromatic N) is 1. The van der Waals surface area contributed by atoms with Crippen LogP contribution in [0.3, 0.4) is 0 Å². The lowest BCUT2D eigenvalue weighted by molar-refractivity contribution is 0.660. The van der Waals surface area contributed by atoms with Crippen molar-refractivity contribution in [1.29, 1.82) is 0 Å². The molecule has 2 aliphatic carbocycles. The van der Waals surface area contributed by atoms with Gasteiger partial charge in [0.15, 0.2) is 0 Å². The fraction of sp³-hybridized carbons (Fsp3) is 0.0645. The van der Waals surface area contributed by atoms with Gasteiger partial charge >= 0.3 is 0 Å². The Hall–Kier alpha value is -7.94. The predicted octanol–water partition coefficient (Wildman–Crippen LogP) is 16.5. The summed E-state index contributed by atoms with van der Waals surface area (Å²) in [4.78, 5) is 2.52. The zero-order valence-corrected chi connectivity index (χ0v) is 35.7. The van der Waals surface area contributed by atoms with E-state index in [0.29, 0.717) is 0 Å². The molecule has 0 amide bonds. The Labute approximate surface area is 373 Å². The van der Waals surface area contributed by atoms with E-state index in [-0.39, 0.29) is 5.41 Å². The molecule has 10 aromatic carbocycles. The second-order valence-corrected chi connectivity index (χ2v) is 18.0. The van der Waals surface area contributed by atoms with E-state index < -0.39 is 5.41 Å². The van der Waals surface area contributed by atoms with Crippen molar-refractivity contribution in [2.45, 2.75) is 24.7 Å². The summed E-state index contributed by atoms with van der Waals surface area (Å²) in [5.41, 5.74) is 19.3. The van der Waals surface area contributed by atoms with Gasteiger partial charge in [0.2, 0.25) is 0 Å². The monoisotopic (exact) mass is 817 g/mol. The maximum absolute atomic E-state index is 6.97. The first-order valence-electron chi connectivity index (χ1n) is 22.3. The summed E-state index contributed by atoms with van der Waals surface area (Å²) in [5, 5.41) is 4.58. The van der Waals surface area contributed by atoms with Crippen molar-refractivity contribution < 1.29 is 4.42 Å². The van der Waals surface area contributed by atoms with Gasteiger partial charge in [-0.15, -0.1) is 0 Å². The highest BCUT2D eigenvalue weighted by atomic mass is 16.3. The summed E-state index contributed by atoms with van der Waals surface area (Å²) in [6, 6.07) is 82.9. The molecular weight excluding hydrogens is 775 g/mol. The smallest absolute Gasteiger partial charge is 0.138 e. The lowest BCUT2D eigenvalue weighted by Gasteiger charge is -2.35. The number of fused-ring (bicyclic) bond motifs is 11. The van der Waals surface area contributed by atoms with Crippen molar-refractivity contribution in [3.63, 3.8) is 0 Å². The molecule has 0 spiro atoms. The topological polar surface area (TPSA) is 16.4 Å². The summed E-state index contributed by atoms with van der Waals surface area (Å²) < 4.78 is 6.97. The van der Waals surface area contributed by atoms with Crippen molar-refractivity contribution >= 4 is 49.8 Å². The average molecular weight is 818 g/mol. The standard InChI is InChI=1S/C62H43NO/c1-61(2)52-28-16-14-26-48(52)50-33-31-45(38-54(50)61)63(56-36-42(40-18-6-3-7-19-40)37-58-60(56)59-47-25-13-12-20-41(47)30-35-57(59)64-58)46-32-34-51-49-27-15-17-29-53(49)62(55(51)39-46,43-21-8-4-9-22-43)44-23-10-5-11-24-44/h3-39H,1-2H3. The second-order valence-electron chi connectivity index (χ2n) is 18.0. The Morgan fingerprint density at radius 1 is 0.375 bits per heavy atom. The van der Waals surface area contributed by atoms with E-state index in [9.17, 15) is 0 Å². The van der Waals surface area contributed by atoms with Gasteiger partial charge in [0.25, 0.3) is 0 Å². The van der Waals surface area contributed by atoms with Crippen LogP contribution in [0.5, 0.6) is 0 Å². The van der Waals surface area contributed by atoms with E-state index in [4.69, 9.17) is 4.42 Å². The fourth-order valence-electron chi connectivity index (χ4n) is 11.4. The van der Waals surface area contributed by atoms with Gasteiger partial charge in [0.05, 0.1) is 16.5 Å². The van der Waals surface area contributed by atoms with Crippen molar-refractivity contribution in [2.24, 2.45) is 0 Å². The molecule has 0 aliphatic heterocycles. The minimum absolute atomic E-state index is 0.192. The van der Waals surface area contributed by atoms with Gasteiger partial charge in [-0.25, -0.2) is 0 Å². The summed E-state index contributed by atoms with van der Waals surface area (Å²) in [7, 11) is 0. The second kappa shape index (κ2) is 13.8. The average Bonchev–Trinajstić information content (AvgIpc) is 3.96. The van der Waals surface area contributed by atoms with Gasteiger partial charge in [0, 0.05) is 22.2 Å². The zero-order valence-electron chi connectivity index (χ0n) is 35.7. The van der Waals surface area contributed by atoms with Crippen LogP contribution >= 0.6 is 0 Å². The highest BCUT2D eigenvalue weighted by Crippen LogP contribution is 2.58. The van der Waals surface area contributed by atoms with Crippen LogP contribution in [0.4, 0.5) is 17.1 Å². The molecule has 0 fully saturated rings. The Morgan fingerprint density at radius 2 is 0.922 bits per heavy atom. The highest BCUT2D eigenvalue weighted by molar-refractivity contribution is 6.24. The number of hydrogen-bond donors (Lipinski definition) is 0. The van der Waals surface area contributed by atoms with Crippen LogP contribution in [-0.2, 0) is 10.8 Å². The van der Waals surface area contributed by atoms with Crippen molar-refractivity contribution in [3.8, 4) is 33.4 Å². The molecule has 0 atom stereocenters. The molecule has 0 N–H and O–H groups in total. The van der Waals surface area contributed by atoms with Crippen LogP contribution in [-0.4, -0.2) is 0 Å².